The third kappa shape index (κ3) is 4.16. The lowest BCUT2D eigenvalue weighted by molar-refractivity contribution is -0.132. The summed E-state index contributed by atoms with van der Waals surface area (Å²) in [4.78, 5) is 14.0. The van der Waals surface area contributed by atoms with Crippen molar-refractivity contribution in [3.8, 4) is 0 Å². The van der Waals surface area contributed by atoms with Gasteiger partial charge in [-0.3, -0.25) is 4.79 Å². The molecular formula is C14H26N2OS. The molecule has 18 heavy (non-hydrogen) atoms. The predicted molar refractivity (Wildman–Crippen MR) is 78.0 cm³/mol. The number of carbonyl (C=O) groups is 1. The largest absolute Gasteiger partial charge is 0.343 e. The summed E-state index contributed by atoms with van der Waals surface area (Å²) in [6, 6.07) is 0.609. The number of nitrogens with zero attached hydrogens (tertiary/aromatic N) is 1. The van der Waals surface area contributed by atoms with Gasteiger partial charge in [-0.15, -0.1) is 0 Å². The monoisotopic (exact) mass is 270 g/mol. The van der Waals surface area contributed by atoms with Crippen LogP contribution in [0.1, 0.15) is 45.4 Å². The number of nitrogens with one attached hydrogen (secondary N) is 1. The molecular weight excluding hydrogens is 244 g/mol. The molecule has 0 aromatic heterocycles. The van der Waals surface area contributed by atoms with Crippen molar-refractivity contribution >= 4 is 17.7 Å². The molecule has 0 radical (unpaired) electrons. The van der Waals surface area contributed by atoms with E-state index in [0.717, 1.165) is 19.6 Å². The molecule has 2 aliphatic rings. The molecule has 0 saturated carbocycles. The van der Waals surface area contributed by atoms with E-state index in [-0.39, 0.29) is 0 Å². The second kappa shape index (κ2) is 7.39. The Labute approximate surface area is 115 Å². The maximum atomic E-state index is 12.0. The van der Waals surface area contributed by atoms with E-state index < -0.39 is 0 Å². The molecule has 0 aliphatic carbocycles. The maximum absolute atomic E-state index is 12.0. The first-order valence-electron chi connectivity index (χ1n) is 7.40. The zero-order chi connectivity index (χ0) is 12.8. The van der Waals surface area contributed by atoms with Gasteiger partial charge < -0.3 is 10.2 Å². The number of likely N-dealkylation sites (tertiary alicyclic amines) is 1. The van der Waals surface area contributed by atoms with Crippen LogP contribution >= 0.6 is 11.8 Å². The van der Waals surface area contributed by atoms with Crippen LogP contribution in [0.2, 0.25) is 0 Å². The van der Waals surface area contributed by atoms with Crippen LogP contribution in [0.5, 0.6) is 0 Å². The summed E-state index contributed by atoms with van der Waals surface area (Å²) in [5.41, 5.74) is 0. The lowest BCUT2D eigenvalue weighted by Crippen LogP contribution is -2.42. The van der Waals surface area contributed by atoms with E-state index in [1.807, 2.05) is 4.90 Å². The van der Waals surface area contributed by atoms with Crippen LogP contribution in [0.3, 0.4) is 0 Å². The van der Waals surface area contributed by atoms with Crippen LogP contribution in [0.15, 0.2) is 0 Å². The quantitative estimate of drug-likeness (QED) is 0.850. The van der Waals surface area contributed by atoms with Crippen molar-refractivity contribution in [2.45, 2.75) is 56.7 Å². The Hall–Kier alpha value is -0.220. The Kier molecular flexibility index (Phi) is 5.83. The Bertz CT molecular complexity index is 267. The number of hydrogen-bond donors (Lipinski definition) is 1. The van der Waals surface area contributed by atoms with E-state index in [2.05, 4.69) is 24.0 Å². The zero-order valence-electron chi connectivity index (χ0n) is 11.5. The van der Waals surface area contributed by atoms with Crippen LogP contribution < -0.4 is 5.32 Å². The number of thioether (sulfide) groups is 1. The van der Waals surface area contributed by atoms with Crippen molar-refractivity contribution < 1.29 is 4.79 Å². The zero-order valence-corrected chi connectivity index (χ0v) is 12.3. The fourth-order valence-corrected chi connectivity index (χ4v) is 4.03. The number of hydrogen-bond acceptors (Lipinski definition) is 3. The summed E-state index contributed by atoms with van der Waals surface area (Å²) < 4.78 is 0. The number of piperidine rings is 1. The van der Waals surface area contributed by atoms with Crippen molar-refractivity contribution in [3.05, 3.63) is 0 Å². The summed E-state index contributed by atoms with van der Waals surface area (Å²) in [5.74, 6) is 1.64. The summed E-state index contributed by atoms with van der Waals surface area (Å²) in [6.07, 6.45) is 6.93. The van der Waals surface area contributed by atoms with Crippen molar-refractivity contribution in [2.75, 3.05) is 25.4 Å². The lowest BCUT2D eigenvalue weighted by Gasteiger charge is -2.30. The molecule has 2 unspecified atom stereocenters. The van der Waals surface area contributed by atoms with Crippen molar-refractivity contribution in [3.63, 3.8) is 0 Å². The average Bonchev–Trinajstić information content (AvgIpc) is 2.42. The Morgan fingerprint density at radius 3 is 2.78 bits per heavy atom. The number of rotatable bonds is 4. The fourth-order valence-electron chi connectivity index (χ4n) is 2.86. The van der Waals surface area contributed by atoms with Gasteiger partial charge >= 0.3 is 0 Å². The average molecular weight is 270 g/mol. The first-order chi connectivity index (χ1) is 8.77. The second-order valence-corrected chi connectivity index (χ2v) is 6.96. The molecule has 104 valence electrons. The minimum atomic E-state index is 0.346. The van der Waals surface area contributed by atoms with Crippen LogP contribution in [-0.4, -0.2) is 47.5 Å². The van der Waals surface area contributed by atoms with E-state index in [4.69, 9.17) is 0 Å². The number of carbonyl (C=O) groups excluding carboxylic acids is 1. The van der Waals surface area contributed by atoms with Gasteiger partial charge in [-0.25, -0.2) is 0 Å². The third-order valence-electron chi connectivity index (χ3n) is 4.06. The third-order valence-corrected chi connectivity index (χ3v) is 5.44. The van der Waals surface area contributed by atoms with Crippen LogP contribution in [-0.2, 0) is 4.79 Å². The first-order valence-corrected chi connectivity index (χ1v) is 8.45. The summed E-state index contributed by atoms with van der Waals surface area (Å²) in [7, 11) is 0. The molecule has 0 bridgehead atoms. The molecule has 1 amide bonds. The van der Waals surface area contributed by atoms with Gasteiger partial charge in [-0.05, 0) is 37.9 Å². The number of amides is 1. The summed E-state index contributed by atoms with van der Waals surface area (Å²) in [6.45, 7) is 5.11. The van der Waals surface area contributed by atoms with Gasteiger partial charge in [-0.1, -0.05) is 6.92 Å². The highest BCUT2D eigenvalue weighted by Gasteiger charge is 2.22. The van der Waals surface area contributed by atoms with Crippen LogP contribution in [0, 0.1) is 0 Å². The maximum Gasteiger partial charge on any atom is 0.223 e. The standard InChI is InChI=1S/C14H26N2OS/c1-12-13(6-5-11-18-12)15-8-7-14(17)16-9-3-2-4-10-16/h12-13,15H,2-11H2,1H3. The second-order valence-electron chi connectivity index (χ2n) is 5.47. The molecule has 2 saturated heterocycles. The van der Waals surface area contributed by atoms with Crippen LogP contribution in [0.25, 0.3) is 0 Å². The molecule has 0 aromatic rings. The Morgan fingerprint density at radius 2 is 2.06 bits per heavy atom. The highest BCUT2D eigenvalue weighted by molar-refractivity contribution is 7.99. The molecule has 2 heterocycles. The van der Waals surface area contributed by atoms with Gasteiger partial charge in [0, 0.05) is 37.3 Å². The fraction of sp³-hybridized carbons (Fsp3) is 0.929. The molecule has 0 aromatic carbocycles. The van der Waals surface area contributed by atoms with E-state index in [1.165, 1.54) is 37.9 Å². The van der Waals surface area contributed by atoms with Crippen molar-refractivity contribution in [1.29, 1.82) is 0 Å². The van der Waals surface area contributed by atoms with Gasteiger partial charge in [0.25, 0.3) is 0 Å². The van der Waals surface area contributed by atoms with Gasteiger partial charge in [0.15, 0.2) is 0 Å². The van der Waals surface area contributed by atoms with E-state index in [1.54, 1.807) is 0 Å². The molecule has 2 atom stereocenters. The summed E-state index contributed by atoms with van der Waals surface area (Å²) >= 11 is 2.06. The van der Waals surface area contributed by atoms with E-state index in [9.17, 15) is 4.79 Å². The van der Waals surface area contributed by atoms with Crippen LogP contribution in [0.4, 0.5) is 0 Å². The molecule has 4 heteroatoms. The topological polar surface area (TPSA) is 32.3 Å². The molecule has 2 aliphatic heterocycles. The first kappa shape index (κ1) is 14.2. The smallest absolute Gasteiger partial charge is 0.223 e. The molecule has 2 fully saturated rings. The predicted octanol–water partition coefficient (Wildman–Crippen LogP) is 2.26. The molecule has 2 rings (SSSR count). The Morgan fingerprint density at radius 1 is 1.28 bits per heavy atom. The Balaban J connectivity index is 1.63. The van der Waals surface area contributed by atoms with Gasteiger partial charge in [0.1, 0.15) is 0 Å². The van der Waals surface area contributed by atoms with E-state index in [0.29, 0.717) is 23.6 Å². The van der Waals surface area contributed by atoms with Crippen molar-refractivity contribution in [1.82, 2.24) is 10.2 Å². The molecule has 1 N–H and O–H groups in total. The highest BCUT2D eigenvalue weighted by atomic mass is 32.2. The molecule has 0 spiro atoms. The normalized spacial score (nSPS) is 29.3. The molecule has 3 nitrogen and oxygen atoms in total. The SMILES string of the molecule is CC1SCCCC1NCCC(=O)N1CCCCC1. The minimum absolute atomic E-state index is 0.346. The summed E-state index contributed by atoms with van der Waals surface area (Å²) in [5, 5.41) is 4.27. The van der Waals surface area contributed by atoms with Crippen molar-refractivity contribution in [2.24, 2.45) is 0 Å². The van der Waals surface area contributed by atoms with E-state index >= 15 is 0 Å². The van der Waals surface area contributed by atoms with Gasteiger partial charge in [0.05, 0.1) is 0 Å². The van der Waals surface area contributed by atoms with Gasteiger partial charge in [0.2, 0.25) is 5.91 Å². The minimum Gasteiger partial charge on any atom is -0.343 e. The lowest BCUT2D eigenvalue weighted by atomic mass is 10.1. The van der Waals surface area contributed by atoms with Gasteiger partial charge in [-0.2, -0.15) is 11.8 Å². The highest BCUT2D eigenvalue weighted by Crippen LogP contribution is 2.24.